The summed E-state index contributed by atoms with van der Waals surface area (Å²) >= 11 is 1.45. The highest BCUT2D eigenvalue weighted by molar-refractivity contribution is 7.15. The summed E-state index contributed by atoms with van der Waals surface area (Å²) in [5.74, 6) is 0.135. The molecule has 5 nitrogen and oxygen atoms in total. The summed E-state index contributed by atoms with van der Waals surface area (Å²) < 4.78 is 5.24. The zero-order chi connectivity index (χ0) is 15.4. The Balaban J connectivity index is 1.71. The fourth-order valence-electron chi connectivity index (χ4n) is 2.61. The van der Waals surface area contributed by atoms with Gasteiger partial charge in [-0.3, -0.25) is 4.79 Å². The average molecular weight is 317 g/mol. The van der Waals surface area contributed by atoms with E-state index in [0.717, 1.165) is 17.8 Å². The molecule has 2 heterocycles. The van der Waals surface area contributed by atoms with E-state index in [9.17, 15) is 4.79 Å². The maximum atomic E-state index is 12.1. The minimum Gasteiger partial charge on any atom is -0.381 e. The summed E-state index contributed by atoms with van der Waals surface area (Å²) in [6, 6.07) is 10.3. The molecule has 6 heteroatoms. The Kier molecular flexibility index (Phi) is 4.80. The first-order chi connectivity index (χ1) is 10.8. The maximum Gasteiger partial charge on any atom is 0.231 e. The molecule has 1 fully saturated rings. The molecule has 0 bridgehead atoms. The van der Waals surface area contributed by atoms with E-state index in [1.807, 2.05) is 18.2 Å². The average Bonchev–Trinajstić information content (AvgIpc) is 3.21. The number of rotatable bonds is 5. The Morgan fingerprint density at radius 2 is 2.23 bits per heavy atom. The van der Waals surface area contributed by atoms with Crippen molar-refractivity contribution in [2.45, 2.75) is 25.7 Å². The lowest BCUT2D eigenvalue weighted by Crippen LogP contribution is -2.22. The Morgan fingerprint density at radius 3 is 2.91 bits per heavy atom. The van der Waals surface area contributed by atoms with Crippen LogP contribution in [0.3, 0.4) is 0 Å². The lowest BCUT2D eigenvalue weighted by Gasteiger charge is -2.11. The quantitative estimate of drug-likeness (QED) is 0.920. The van der Waals surface area contributed by atoms with E-state index in [4.69, 9.17) is 4.74 Å². The van der Waals surface area contributed by atoms with Gasteiger partial charge in [-0.15, -0.1) is 10.2 Å². The Bertz CT molecular complexity index is 623. The van der Waals surface area contributed by atoms with Gasteiger partial charge in [0.25, 0.3) is 0 Å². The Hall–Kier alpha value is -1.79. The smallest absolute Gasteiger partial charge is 0.231 e. The lowest BCUT2D eigenvalue weighted by molar-refractivity contribution is -0.119. The molecule has 22 heavy (non-hydrogen) atoms. The van der Waals surface area contributed by atoms with Gasteiger partial charge in [-0.05, 0) is 18.4 Å². The summed E-state index contributed by atoms with van der Waals surface area (Å²) in [4.78, 5) is 12.1. The molecule has 0 aliphatic carbocycles. The highest BCUT2D eigenvalue weighted by atomic mass is 32.1. The van der Waals surface area contributed by atoms with Crippen LogP contribution in [-0.4, -0.2) is 29.3 Å². The first-order valence-corrected chi connectivity index (χ1v) is 8.36. The topological polar surface area (TPSA) is 64.1 Å². The molecule has 2 aromatic rings. The molecule has 0 radical (unpaired) electrons. The predicted molar refractivity (Wildman–Crippen MR) is 86.0 cm³/mol. The van der Waals surface area contributed by atoms with Gasteiger partial charge in [0.1, 0.15) is 5.01 Å². The number of hydrogen-bond donors (Lipinski definition) is 1. The lowest BCUT2D eigenvalue weighted by atomic mass is 9.97. The summed E-state index contributed by atoms with van der Waals surface area (Å²) in [6.07, 6.45) is 1.72. The molecule has 116 valence electrons. The summed E-state index contributed by atoms with van der Waals surface area (Å²) in [5, 5.41) is 12.8. The van der Waals surface area contributed by atoms with Crippen LogP contribution in [0.15, 0.2) is 30.3 Å². The number of nitrogens with zero attached hydrogens (tertiary/aromatic N) is 2. The molecular weight excluding hydrogens is 298 g/mol. The van der Waals surface area contributed by atoms with Crippen molar-refractivity contribution in [1.82, 2.24) is 10.2 Å². The van der Waals surface area contributed by atoms with Gasteiger partial charge in [0.05, 0.1) is 12.5 Å². The highest BCUT2D eigenvalue weighted by Crippen LogP contribution is 2.31. The Morgan fingerprint density at radius 1 is 1.41 bits per heavy atom. The second-order valence-electron chi connectivity index (χ2n) is 5.37. The third kappa shape index (κ3) is 3.34. The van der Waals surface area contributed by atoms with Crippen LogP contribution in [0.1, 0.15) is 36.3 Å². The van der Waals surface area contributed by atoms with E-state index in [1.165, 1.54) is 16.9 Å². The second-order valence-corrected chi connectivity index (χ2v) is 6.38. The van der Waals surface area contributed by atoms with Crippen molar-refractivity contribution in [3.8, 4) is 0 Å². The van der Waals surface area contributed by atoms with Crippen molar-refractivity contribution in [2.75, 3.05) is 18.5 Å². The molecule has 1 aromatic carbocycles. The van der Waals surface area contributed by atoms with Crippen LogP contribution in [0, 0.1) is 5.92 Å². The van der Waals surface area contributed by atoms with E-state index in [2.05, 4.69) is 34.6 Å². The molecule has 1 aromatic heterocycles. The van der Waals surface area contributed by atoms with Gasteiger partial charge in [0.2, 0.25) is 11.0 Å². The molecular formula is C16H19N3O2S. The third-order valence-electron chi connectivity index (χ3n) is 3.88. The molecule has 1 amide bonds. The van der Waals surface area contributed by atoms with Crippen molar-refractivity contribution in [3.63, 3.8) is 0 Å². The number of hydrogen-bond acceptors (Lipinski definition) is 5. The molecule has 1 aliphatic heterocycles. The van der Waals surface area contributed by atoms with Crippen LogP contribution < -0.4 is 5.32 Å². The zero-order valence-corrected chi connectivity index (χ0v) is 13.3. The SMILES string of the molecule is CCC(c1ccccc1)c1nnc(NC(=O)C2CCOC2)s1. The molecule has 0 spiro atoms. The molecule has 3 rings (SSSR count). The fourth-order valence-corrected chi connectivity index (χ4v) is 3.57. The zero-order valence-electron chi connectivity index (χ0n) is 12.5. The number of carbonyl (C=O) groups excluding carboxylic acids is 1. The number of nitrogens with one attached hydrogen (secondary N) is 1. The Labute approximate surface area is 133 Å². The third-order valence-corrected chi connectivity index (χ3v) is 4.83. The predicted octanol–water partition coefficient (Wildman–Crippen LogP) is 3.06. The summed E-state index contributed by atoms with van der Waals surface area (Å²) in [5.41, 5.74) is 1.23. The fraction of sp³-hybridized carbons (Fsp3) is 0.438. The van der Waals surface area contributed by atoms with Crippen LogP contribution >= 0.6 is 11.3 Å². The molecule has 1 N–H and O–H groups in total. The van der Waals surface area contributed by atoms with E-state index in [-0.39, 0.29) is 17.7 Å². The summed E-state index contributed by atoms with van der Waals surface area (Å²) in [6.45, 7) is 3.29. The van der Waals surface area contributed by atoms with Crippen LogP contribution in [0.25, 0.3) is 0 Å². The van der Waals surface area contributed by atoms with E-state index >= 15 is 0 Å². The van der Waals surface area contributed by atoms with Gasteiger partial charge in [-0.25, -0.2) is 0 Å². The van der Waals surface area contributed by atoms with Crippen molar-refractivity contribution < 1.29 is 9.53 Å². The molecule has 1 saturated heterocycles. The standard InChI is InChI=1S/C16H19N3O2S/c1-2-13(11-6-4-3-5-7-11)15-18-19-16(22-15)17-14(20)12-8-9-21-10-12/h3-7,12-13H,2,8-10H2,1H3,(H,17,19,20). The summed E-state index contributed by atoms with van der Waals surface area (Å²) in [7, 11) is 0. The number of benzene rings is 1. The van der Waals surface area contributed by atoms with Gasteiger partial charge < -0.3 is 10.1 Å². The molecule has 2 unspecified atom stereocenters. The number of aromatic nitrogens is 2. The normalized spacial score (nSPS) is 19.0. The second kappa shape index (κ2) is 6.98. The van der Waals surface area contributed by atoms with Gasteiger partial charge in [-0.1, -0.05) is 48.6 Å². The monoisotopic (exact) mass is 317 g/mol. The van der Waals surface area contributed by atoms with E-state index in [1.54, 1.807) is 0 Å². The van der Waals surface area contributed by atoms with Crippen molar-refractivity contribution in [2.24, 2.45) is 5.92 Å². The van der Waals surface area contributed by atoms with Gasteiger partial charge >= 0.3 is 0 Å². The molecule has 1 aliphatic rings. The minimum atomic E-state index is -0.0663. The largest absolute Gasteiger partial charge is 0.381 e. The van der Waals surface area contributed by atoms with Crippen molar-refractivity contribution in [3.05, 3.63) is 40.9 Å². The van der Waals surface area contributed by atoms with Gasteiger partial charge in [-0.2, -0.15) is 0 Å². The number of ether oxygens (including phenoxy) is 1. The first-order valence-electron chi connectivity index (χ1n) is 7.55. The van der Waals surface area contributed by atoms with Crippen molar-refractivity contribution >= 4 is 22.4 Å². The van der Waals surface area contributed by atoms with Crippen LogP contribution in [0.5, 0.6) is 0 Å². The van der Waals surface area contributed by atoms with Crippen LogP contribution in [-0.2, 0) is 9.53 Å². The van der Waals surface area contributed by atoms with E-state index in [0.29, 0.717) is 18.3 Å². The molecule has 2 atom stereocenters. The van der Waals surface area contributed by atoms with Gasteiger partial charge in [0.15, 0.2) is 0 Å². The highest BCUT2D eigenvalue weighted by Gasteiger charge is 2.25. The molecule has 0 saturated carbocycles. The maximum absolute atomic E-state index is 12.1. The van der Waals surface area contributed by atoms with Crippen molar-refractivity contribution in [1.29, 1.82) is 0 Å². The minimum absolute atomic E-state index is 0.0204. The number of anilines is 1. The van der Waals surface area contributed by atoms with Crippen LogP contribution in [0.2, 0.25) is 0 Å². The number of amides is 1. The number of carbonyl (C=O) groups is 1. The first kappa shape index (κ1) is 15.1. The van der Waals surface area contributed by atoms with E-state index < -0.39 is 0 Å². The van der Waals surface area contributed by atoms with Crippen LogP contribution in [0.4, 0.5) is 5.13 Å². The van der Waals surface area contributed by atoms with Gasteiger partial charge in [0, 0.05) is 12.5 Å².